The molecule has 0 saturated carbocycles. The fourth-order valence-electron chi connectivity index (χ4n) is 2.84. The van der Waals surface area contributed by atoms with Gasteiger partial charge in [-0.05, 0) is 60.7 Å². The summed E-state index contributed by atoms with van der Waals surface area (Å²) in [4.78, 5) is 8.04. The van der Waals surface area contributed by atoms with Crippen LogP contribution in [0.3, 0.4) is 0 Å². The number of nitrogens with one attached hydrogen (secondary N) is 3. The van der Waals surface area contributed by atoms with Crippen LogP contribution in [0.2, 0.25) is 0 Å². The number of hydrogen-bond donors (Lipinski definition) is 3. The number of para-hydroxylation sites is 3. The number of benzene rings is 3. The molecule has 1 aromatic heterocycles. The molecule has 0 atom stereocenters. The minimum absolute atomic E-state index is 0.503. The van der Waals surface area contributed by atoms with E-state index in [1.165, 1.54) is 0 Å². The molecule has 0 radical (unpaired) electrons. The average molecular weight is 374 g/mol. The van der Waals surface area contributed by atoms with Crippen LogP contribution in [0.25, 0.3) is 22.4 Å². The first kappa shape index (κ1) is 17.1. The van der Waals surface area contributed by atoms with Gasteiger partial charge in [-0.1, -0.05) is 24.3 Å². The van der Waals surface area contributed by atoms with Gasteiger partial charge in [0.25, 0.3) is 0 Å². The molecule has 0 aliphatic carbocycles. The van der Waals surface area contributed by atoms with Crippen molar-refractivity contribution in [3.8, 4) is 17.1 Å². The summed E-state index contributed by atoms with van der Waals surface area (Å²) in [5.41, 5.74) is 4.65. The number of aromatic amines is 1. The molecule has 1 heterocycles. The smallest absolute Gasteiger partial charge is 0.175 e. The second-order valence-corrected chi connectivity index (χ2v) is 6.36. The van der Waals surface area contributed by atoms with Gasteiger partial charge in [-0.25, -0.2) is 4.98 Å². The molecule has 0 aliphatic rings. The van der Waals surface area contributed by atoms with E-state index in [1.54, 1.807) is 7.11 Å². The number of methoxy groups -OCH3 is 1. The lowest BCUT2D eigenvalue weighted by molar-refractivity contribution is 0.415. The minimum atomic E-state index is 0.503. The molecule has 3 aromatic carbocycles. The molecule has 0 aliphatic heterocycles. The van der Waals surface area contributed by atoms with Crippen LogP contribution in [0.5, 0.6) is 5.75 Å². The molecule has 3 N–H and O–H groups in total. The number of thiocarbonyl (C=S) groups is 1. The van der Waals surface area contributed by atoms with Crippen LogP contribution in [-0.4, -0.2) is 22.2 Å². The highest BCUT2D eigenvalue weighted by atomic mass is 32.1. The number of ether oxygens (including phenoxy) is 1. The topological polar surface area (TPSA) is 62.0 Å². The molecule has 4 rings (SSSR count). The van der Waals surface area contributed by atoms with Crippen molar-refractivity contribution in [3.63, 3.8) is 0 Å². The Bertz CT molecular complexity index is 1060. The molecule has 134 valence electrons. The minimum Gasteiger partial charge on any atom is -0.497 e. The maximum atomic E-state index is 5.47. The number of anilines is 2. The maximum Gasteiger partial charge on any atom is 0.175 e. The number of nitrogens with zero attached hydrogens (tertiary/aromatic N) is 1. The Morgan fingerprint density at radius 1 is 0.926 bits per heavy atom. The zero-order valence-electron chi connectivity index (χ0n) is 14.7. The van der Waals surface area contributed by atoms with E-state index in [1.807, 2.05) is 72.8 Å². The molecular weight excluding hydrogens is 356 g/mol. The predicted octanol–water partition coefficient (Wildman–Crippen LogP) is 5.05. The Morgan fingerprint density at radius 3 is 2.44 bits per heavy atom. The molecule has 0 amide bonds. The average Bonchev–Trinajstić information content (AvgIpc) is 3.13. The van der Waals surface area contributed by atoms with Crippen molar-refractivity contribution >= 4 is 39.7 Å². The van der Waals surface area contributed by atoms with Crippen molar-refractivity contribution in [2.24, 2.45) is 0 Å². The number of H-pyrrole nitrogens is 1. The van der Waals surface area contributed by atoms with Gasteiger partial charge in [0.05, 0.1) is 23.8 Å². The van der Waals surface area contributed by atoms with Crippen LogP contribution in [0.4, 0.5) is 11.4 Å². The third kappa shape index (κ3) is 3.75. The Labute approximate surface area is 162 Å². The molecular formula is C21H18N4OS. The van der Waals surface area contributed by atoms with Gasteiger partial charge in [-0.2, -0.15) is 0 Å². The zero-order chi connectivity index (χ0) is 18.6. The van der Waals surface area contributed by atoms with E-state index in [9.17, 15) is 0 Å². The van der Waals surface area contributed by atoms with E-state index >= 15 is 0 Å². The Kier molecular flexibility index (Phi) is 4.72. The van der Waals surface area contributed by atoms with Gasteiger partial charge in [-0.15, -0.1) is 0 Å². The molecule has 0 fully saturated rings. The number of hydrogen-bond acceptors (Lipinski definition) is 3. The van der Waals surface area contributed by atoms with E-state index in [0.29, 0.717) is 5.11 Å². The summed E-state index contributed by atoms with van der Waals surface area (Å²) < 4.78 is 5.17. The second kappa shape index (κ2) is 7.47. The predicted molar refractivity (Wildman–Crippen MR) is 114 cm³/mol. The number of rotatable bonds is 4. The van der Waals surface area contributed by atoms with E-state index in [4.69, 9.17) is 17.0 Å². The van der Waals surface area contributed by atoms with Crippen molar-refractivity contribution in [1.82, 2.24) is 9.97 Å². The monoisotopic (exact) mass is 374 g/mol. The van der Waals surface area contributed by atoms with E-state index in [-0.39, 0.29) is 0 Å². The Hall–Kier alpha value is -3.38. The molecule has 5 nitrogen and oxygen atoms in total. The molecule has 6 heteroatoms. The first-order valence-electron chi connectivity index (χ1n) is 8.49. The molecule has 0 bridgehead atoms. The lowest BCUT2D eigenvalue weighted by Crippen LogP contribution is -2.19. The van der Waals surface area contributed by atoms with Crippen LogP contribution in [0, 0.1) is 0 Å². The molecule has 0 unspecified atom stereocenters. The van der Waals surface area contributed by atoms with Crippen LogP contribution in [0.15, 0.2) is 72.8 Å². The highest BCUT2D eigenvalue weighted by Gasteiger charge is 2.10. The lowest BCUT2D eigenvalue weighted by Gasteiger charge is -2.13. The van der Waals surface area contributed by atoms with Crippen LogP contribution in [0.1, 0.15) is 0 Å². The van der Waals surface area contributed by atoms with Gasteiger partial charge >= 0.3 is 0 Å². The van der Waals surface area contributed by atoms with Crippen LogP contribution >= 0.6 is 12.2 Å². The number of aromatic nitrogens is 2. The highest BCUT2D eigenvalue weighted by molar-refractivity contribution is 7.80. The van der Waals surface area contributed by atoms with E-state index < -0.39 is 0 Å². The summed E-state index contributed by atoms with van der Waals surface area (Å²) in [5, 5.41) is 6.94. The summed E-state index contributed by atoms with van der Waals surface area (Å²) >= 11 is 5.47. The molecule has 0 spiro atoms. The van der Waals surface area contributed by atoms with Crippen LogP contribution in [-0.2, 0) is 0 Å². The second-order valence-electron chi connectivity index (χ2n) is 5.96. The van der Waals surface area contributed by atoms with Gasteiger partial charge in [0, 0.05) is 11.3 Å². The Balaban J connectivity index is 1.56. The number of imidazole rings is 1. The van der Waals surface area contributed by atoms with Crippen molar-refractivity contribution in [1.29, 1.82) is 0 Å². The summed E-state index contributed by atoms with van der Waals surface area (Å²) in [7, 11) is 1.64. The number of fused-ring (bicyclic) bond motifs is 1. The molecule has 27 heavy (non-hydrogen) atoms. The van der Waals surface area contributed by atoms with Crippen molar-refractivity contribution in [3.05, 3.63) is 72.8 Å². The fourth-order valence-corrected chi connectivity index (χ4v) is 3.07. The van der Waals surface area contributed by atoms with Gasteiger partial charge in [0.15, 0.2) is 5.11 Å². The first-order chi connectivity index (χ1) is 13.2. The van der Waals surface area contributed by atoms with Gasteiger partial charge in [0.2, 0.25) is 0 Å². The zero-order valence-corrected chi connectivity index (χ0v) is 15.5. The molecule has 4 aromatic rings. The lowest BCUT2D eigenvalue weighted by atomic mass is 10.1. The van der Waals surface area contributed by atoms with Crippen molar-refractivity contribution in [2.45, 2.75) is 0 Å². The van der Waals surface area contributed by atoms with Gasteiger partial charge in [0.1, 0.15) is 11.6 Å². The standard InChI is InChI=1S/C21H18N4OS/c1-26-15-12-10-14(11-13-15)22-21(27)25-17-7-3-2-6-16(17)20-23-18-8-4-5-9-19(18)24-20/h2-13H,1H3,(H,23,24)(H2,22,25,27). The van der Waals surface area contributed by atoms with E-state index in [2.05, 4.69) is 20.6 Å². The van der Waals surface area contributed by atoms with Crippen molar-refractivity contribution < 1.29 is 4.74 Å². The largest absolute Gasteiger partial charge is 0.497 e. The Morgan fingerprint density at radius 2 is 1.67 bits per heavy atom. The summed E-state index contributed by atoms with van der Waals surface area (Å²) in [6, 6.07) is 23.5. The van der Waals surface area contributed by atoms with E-state index in [0.717, 1.165) is 39.5 Å². The van der Waals surface area contributed by atoms with Gasteiger partial charge < -0.3 is 20.4 Å². The SMILES string of the molecule is COc1ccc(NC(=S)Nc2ccccc2-c2nc3ccccc3[nH]2)cc1. The normalized spacial score (nSPS) is 10.6. The highest BCUT2D eigenvalue weighted by Crippen LogP contribution is 2.27. The maximum absolute atomic E-state index is 5.47. The van der Waals surface area contributed by atoms with Crippen LogP contribution < -0.4 is 15.4 Å². The third-order valence-corrected chi connectivity index (χ3v) is 4.37. The van der Waals surface area contributed by atoms with Gasteiger partial charge in [-0.3, -0.25) is 0 Å². The first-order valence-corrected chi connectivity index (χ1v) is 8.90. The molecule has 0 saturated heterocycles. The summed E-state index contributed by atoms with van der Waals surface area (Å²) in [6.07, 6.45) is 0. The summed E-state index contributed by atoms with van der Waals surface area (Å²) in [6.45, 7) is 0. The quantitative estimate of drug-likeness (QED) is 0.437. The fraction of sp³-hybridized carbons (Fsp3) is 0.0476. The third-order valence-electron chi connectivity index (χ3n) is 4.17. The summed E-state index contributed by atoms with van der Waals surface area (Å²) in [5.74, 6) is 1.60. The van der Waals surface area contributed by atoms with Crippen molar-refractivity contribution in [2.75, 3.05) is 17.7 Å².